The molecule has 0 aliphatic carbocycles. The van der Waals surface area contributed by atoms with E-state index in [1.807, 2.05) is 0 Å². The fourth-order valence-electron chi connectivity index (χ4n) is 1.38. The third-order valence-corrected chi connectivity index (χ3v) is 2.50. The Morgan fingerprint density at radius 2 is 2.11 bits per heavy atom. The van der Waals surface area contributed by atoms with Gasteiger partial charge in [0.05, 0.1) is 0 Å². The van der Waals surface area contributed by atoms with Crippen LogP contribution in [0.5, 0.6) is 0 Å². The molecule has 0 aliphatic heterocycles. The van der Waals surface area contributed by atoms with Crippen LogP contribution in [-0.4, -0.2) is 34.8 Å². The van der Waals surface area contributed by atoms with Gasteiger partial charge in [-0.1, -0.05) is 12.1 Å². The van der Waals surface area contributed by atoms with Gasteiger partial charge in [0.2, 0.25) is 0 Å². The molecule has 9 heteroatoms. The fraction of sp³-hybridized carbons (Fsp3) is 0.500. The normalized spacial score (nSPS) is 14.3. The first kappa shape index (κ1) is 15.0. The second-order valence-electron chi connectivity index (χ2n) is 4.08. The van der Waals surface area contributed by atoms with E-state index in [2.05, 4.69) is 15.4 Å². The Hall–Kier alpha value is -2.06. The Morgan fingerprint density at radius 3 is 2.53 bits per heavy atom. The highest BCUT2D eigenvalue weighted by atomic mass is 19.4. The lowest BCUT2D eigenvalue weighted by atomic mass is 10.1. The van der Waals surface area contributed by atoms with Crippen molar-refractivity contribution in [2.75, 3.05) is 18.5 Å². The van der Waals surface area contributed by atoms with Crippen LogP contribution in [0.25, 0.3) is 0 Å². The summed E-state index contributed by atoms with van der Waals surface area (Å²) < 4.78 is 36.9. The number of hydrogen-bond acceptors (Lipinski definition) is 5. The summed E-state index contributed by atoms with van der Waals surface area (Å²) in [6, 6.07) is 2.07. The quantitative estimate of drug-likeness (QED) is 0.375. The molecule has 0 spiro atoms. The summed E-state index contributed by atoms with van der Waals surface area (Å²) in [5.74, 6) is 0.0244. The molecular formula is C10H14F3N5O. The van der Waals surface area contributed by atoms with E-state index in [1.165, 1.54) is 6.07 Å². The number of oxime groups is 1. The van der Waals surface area contributed by atoms with Crippen LogP contribution in [-0.2, 0) is 6.18 Å². The van der Waals surface area contributed by atoms with E-state index in [9.17, 15) is 13.2 Å². The molecule has 0 saturated carbocycles. The van der Waals surface area contributed by atoms with Gasteiger partial charge in [-0.25, -0.2) is 0 Å². The molecule has 19 heavy (non-hydrogen) atoms. The molecule has 0 fully saturated rings. The van der Waals surface area contributed by atoms with Crippen LogP contribution in [0.2, 0.25) is 0 Å². The number of amidine groups is 1. The molecule has 1 aromatic heterocycles. The predicted octanol–water partition coefficient (Wildman–Crippen LogP) is 1.31. The van der Waals surface area contributed by atoms with Crippen LogP contribution >= 0.6 is 0 Å². The van der Waals surface area contributed by atoms with Gasteiger partial charge in [-0.3, -0.25) is 0 Å². The third-order valence-electron chi connectivity index (χ3n) is 2.50. The first-order valence-electron chi connectivity index (χ1n) is 5.35. The Morgan fingerprint density at radius 1 is 1.47 bits per heavy atom. The third kappa shape index (κ3) is 3.97. The van der Waals surface area contributed by atoms with E-state index in [-0.39, 0.29) is 17.6 Å². The Kier molecular flexibility index (Phi) is 4.52. The number of rotatable bonds is 4. The van der Waals surface area contributed by atoms with Gasteiger partial charge in [0.25, 0.3) is 0 Å². The smallest absolute Gasteiger partial charge is 0.409 e. The number of alkyl halides is 3. The highest BCUT2D eigenvalue weighted by Gasteiger charge is 2.33. The zero-order chi connectivity index (χ0) is 14.6. The minimum atomic E-state index is -4.51. The summed E-state index contributed by atoms with van der Waals surface area (Å²) in [6.45, 7) is 2.04. The second kappa shape index (κ2) is 5.72. The zero-order valence-electron chi connectivity index (χ0n) is 10.4. The minimum absolute atomic E-state index is 0.0340. The molecule has 1 aromatic rings. The van der Waals surface area contributed by atoms with Crippen molar-refractivity contribution >= 4 is 11.7 Å². The van der Waals surface area contributed by atoms with Crippen molar-refractivity contribution in [3.63, 3.8) is 0 Å². The molecule has 1 atom stereocenters. The standard InChI is InChI=1S/C10H14F3N5O/c1-6(9(14)17-19)5-18(2)8-4-3-7(15-16-8)10(11,12)13/h3-4,6,19H,5H2,1-2H3,(H2,14,17). The lowest BCUT2D eigenvalue weighted by Crippen LogP contribution is -2.33. The van der Waals surface area contributed by atoms with Crippen molar-refractivity contribution in [2.24, 2.45) is 16.8 Å². The number of hydrogen-bond donors (Lipinski definition) is 2. The summed E-state index contributed by atoms with van der Waals surface area (Å²) >= 11 is 0. The molecule has 0 bridgehead atoms. The number of nitrogens with two attached hydrogens (primary N) is 1. The van der Waals surface area contributed by atoms with E-state index in [0.29, 0.717) is 6.54 Å². The van der Waals surface area contributed by atoms with Crippen molar-refractivity contribution in [3.8, 4) is 0 Å². The first-order chi connectivity index (χ1) is 8.75. The molecule has 1 heterocycles. The van der Waals surface area contributed by atoms with Gasteiger partial charge in [0, 0.05) is 19.5 Å². The van der Waals surface area contributed by atoms with Gasteiger partial charge < -0.3 is 15.8 Å². The SMILES string of the molecule is CC(CN(C)c1ccc(C(F)(F)F)nn1)/C(N)=N/O. The molecule has 0 aromatic carbocycles. The van der Waals surface area contributed by atoms with Crippen molar-refractivity contribution in [1.29, 1.82) is 0 Å². The topological polar surface area (TPSA) is 87.6 Å². The molecule has 3 N–H and O–H groups in total. The fourth-order valence-corrected chi connectivity index (χ4v) is 1.38. The molecule has 1 rings (SSSR count). The number of halogens is 3. The van der Waals surface area contributed by atoms with Crippen molar-refractivity contribution in [3.05, 3.63) is 17.8 Å². The monoisotopic (exact) mass is 277 g/mol. The maximum Gasteiger partial charge on any atom is 0.435 e. The Bertz CT molecular complexity index is 445. The molecule has 106 valence electrons. The lowest BCUT2D eigenvalue weighted by molar-refractivity contribution is -0.141. The zero-order valence-corrected chi connectivity index (χ0v) is 10.4. The summed E-state index contributed by atoms with van der Waals surface area (Å²) in [4.78, 5) is 1.57. The second-order valence-corrected chi connectivity index (χ2v) is 4.08. The predicted molar refractivity (Wildman–Crippen MR) is 62.9 cm³/mol. The summed E-state index contributed by atoms with van der Waals surface area (Å²) in [5, 5.41) is 18.0. The maximum absolute atomic E-state index is 12.3. The number of anilines is 1. The van der Waals surface area contributed by atoms with Crippen LogP contribution in [0.1, 0.15) is 12.6 Å². The highest BCUT2D eigenvalue weighted by Crippen LogP contribution is 2.27. The molecule has 0 saturated heterocycles. The van der Waals surface area contributed by atoms with Gasteiger partial charge in [-0.05, 0) is 12.1 Å². The molecule has 0 amide bonds. The minimum Gasteiger partial charge on any atom is -0.409 e. The maximum atomic E-state index is 12.3. The van der Waals surface area contributed by atoms with E-state index >= 15 is 0 Å². The van der Waals surface area contributed by atoms with Crippen LogP contribution in [0, 0.1) is 5.92 Å². The summed E-state index contributed by atoms with van der Waals surface area (Å²) in [7, 11) is 1.62. The van der Waals surface area contributed by atoms with Crippen LogP contribution in [0.3, 0.4) is 0 Å². The van der Waals surface area contributed by atoms with Gasteiger partial charge in [-0.2, -0.15) is 13.2 Å². The van der Waals surface area contributed by atoms with E-state index in [1.54, 1.807) is 18.9 Å². The van der Waals surface area contributed by atoms with Crippen molar-refractivity contribution in [2.45, 2.75) is 13.1 Å². The largest absolute Gasteiger partial charge is 0.435 e. The van der Waals surface area contributed by atoms with Crippen LogP contribution in [0.4, 0.5) is 19.0 Å². The molecule has 0 aliphatic rings. The molecule has 0 radical (unpaired) electrons. The van der Waals surface area contributed by atoms with Crippen molar-refractivity contribution < 1.29 is 18.4 Å². The van der Waals surface area contributed by atoms with Crippen LogP contribution < -0.4 is 10.6 Å². The highest BCUT2D eigenvalue weighted by molar-refractivity contribution is 5.82. The Balaban J connectivity index is 2.76. The van der Waals surface area contributed by atoms with Gasteiger partial charge in [-0.15, -0.1) is 10.2 Å². The van der Waals surface area contributed by atoms with Gasteiger partial charge in [0.1, 0.15) is 5.84 Å². The van der Waals surface area contributed by atoms with E-state index in [0.717, 1.165) is 6.07 Å². The lowest BCUT2D eigenvalue weighted by Gasteiger charge is -2.21. The number of aromatic nitrogens is 2. The van der Waals surface area contributed by atoms with E-state index < -0.39 is 11.9 Å². The summed E-state index contributed by atoms with van der Waals surface area (Å²) in [5.41, 5.74) is 4.37. The molecular weight excluding hydrogens is 263 g/mol. The van der Waals surface area contributed by atoms with Crippen LogP contribution in [0.15, 0.2) is 17.3 Å². The Labute approximate surface area is 107 Å². The molecule has 1 unspecified atom stereocenters. The first-order valence-corrected chi connectivity index (χ1v) is 5.35. The molecule has 6 nitrogen and oxygen atoms in total. The summed E-state index contributed by atoms with van der Waals surface area (Å²) in [6.07, 6.45) is -4.51. The van der Waals surface area contributed by atoms with Gasteiger partial charge in [0.15, 0.2) is 11.5 Å². The van der Waals surface area contributed by atoms with Gasteiger partial charge >= 0.3 is 6.18 Å². The average Bonchev–Trinajstić information content (AvgIpc) is 2.36. The number of nitrogens with zero attached hydrogens (tertiary/aromatic N) is 4. The van der Waals surface area contributed by atoms with E-state index in [4.69, 9.17) is 10.9 Å². The van der Waals surface area contributed by atoms with Crippen molar-refractivity contribution in [1.82, 2.24) is 10.2 Å². The average molecular weight is 277 g/mol.